The summed E-state index contributed by atoms with van der Waals surface area (Å²) in [5.41, 5.74) is 2.08. The van der Waals surface area contributed by atoms with Gasteiger partial charge in [0.1, 0.15) is 5.69 Å². The third-order valence-corrected chi connectivity index (χ3v) is 3.47. The fourth-order valence-electron chi connectivity index (χ4n) is 1.49. The molecule has 0 spiro atoms. The van der Waals surface area contributed by atoms with Crippen molar-refractivity contribution in [2.24, 2.45) is 0 Å². The molecule has 86 valence electrons. The molecule has 0 atom stereocenters. The lowest BCUT2D eigenvalue weighted by Gasteiger charge is -2.01. The van der Waals surface area contributed by atoms with Crippen LogP contribution < -0.4 is 0 Å². The van der Waals surface area contributed by atoms with Crippen LogP contribution in [0, 0.1) is 10.9 Å². The zero-order chi connectivity index (χ0) is 11.5. The van der Waals surface area contributed by atoms with Gasteiger partial charge in [0.15, 0.2) is 8.96 Å². The van der Waals surface area contributed by atoms with Crippen LogP contribution in [0.5, 0.6) is 0 Å². The number of aromatic nitrogens is 4. The van der Waals surface area contributed by atoms with Crippen LogP contribution in [-0.4, -0.2) is 20.0 Å². The van der Waals surface area contributed by atoms with Crippen LogP contribution in [0.2, 0.25) is 0 Å². The summed E-state index contributed by atoms with van der Waals surface area (Å²) in [5.74, 6) is 0. The third-order valence-electron chi connectivity index (χ3n) is 2.36. The zero-order valence-electron chi connectivity index (χ0n) is 9.36. The highest BCUT2D eigenvalue weighted by Crippen LogP contribution is 2.21. The fourth-order valence-corrected chi connectivity index (χ4v) is 2.33. The van der Waals surface area contributed by atoms with Crippen LogP contribution in [-0.2, 0) is 6.54 Å². The standard InChI is InChI=1S/C10H14N4S2/c1-3-4-5-14-7(2)6-8(13-14)9-11-12-10(15)16-9/h6H,3-5H2,1-2H3,(H,12,15). The van der Waals surface area contributed by atoms with Crippen molar-refractivity contribution in [2.75, 3.05) is 0 Å². The molecule has 0 unspecified atom stereocenters. The molecule has 0 aliphatic rings. The molecule has 0 fully saturated rings. The molecule has 0 amide bonds. The molecular formula is C10H14N4S2. The van der Waals surface area contributed by atoms with Gasteiger partial charge in [0.05, 0.1) is 0 Å². The van der Waals surface area contributed by atoms with Crippen molar-refractivity contribution in [1.82, 2.24) is 20.0 Å². The van der Waals surface area contributed by atoms with Crippen molar-refractivity contribution in [3.8, 4) is 10.7 Å². The molecular weight excluding hydrogens is 240 g/mol. The summed E-state index contributed by atoms with van der Waals surface area (Å²) >= 11 is 6.47. The molecule has 2 rings (SSSR count). The van der Waals surface area contributed by atoms with E-state index in [0.717, 1.165) is 23.7 Å². The number of nitrogens with one attached hydrogen (secondary N) is 1. The molecule has 0 aliphatic heterocycles. The fraction of sp³-hybridized carbons (Fsp3) is 0.500. The van der Waals surface area contributed by atoms with Crippen LogP contribution in [0.3, 0.4) is 0 Å². The molecule has 0 saturated carbocycles. The van der Waals surface area contributed by atoms with E-state index < -0.39 is 0 Å². The highest BCUT2D eigenvalue weighted by atomic mass is 32.1. The van der Waals surface area contributed by atoms with Crippen LogP contribution in [0.1, 0.15) is 25.5 Å². The molecule has 16 heavy (non-hydrogen) atoms. The number of unbranched alkanes of at least 4 members (excludes halogenated alkanes) is 1. The van der Waals surface area contributed by atoms with E-state index in [1.807, 2.05) is 4.68 Å². The lowest BCUT2D eigenvalue weighted by molar-refractivity contribution is 0.560. The molecule has 0 bridgehead atoms. The van der Waals surface area contributed by atoms with Crippen LogP contribution in [0.15, 0.2) is 6.07 Å². The predicted octanol–water partition coefficient (Wildman–Crippen LogP) is 3.17. The minimum Gasteiger partial charge on any atom is -0.269 e. The van der Waals surface area contributed by atoms with E-state index in [0.29, 0.717) is 3.95 Å². The van der Waals surface area contributed by atoms with E-state index in [1.165, 1.54) is 23.5 Å². The normalized spacial score (nSPS) is 10.9. The first-order valence-corrected chi connectivity index (χ1v) is 6.53. The van der Waals surface area contributed by atoms with Gasteiger partial charge in [-0.3, -0.25) is 9.78 Å². The van der Waals surface area contributed by atoms with Crippen LogP contribution in [0.4, 0.5) is 0 Å². The van der Waals surface area contributed by atoms with E-state index >= 15 is 0 Å². The van der Waals surface area contributed by atoms with Gasteiger partial charge in [-0.15, -0.1) is 0 Å². The average molecular weight is 254 g/mol. The molecule has 2 aromatic rings. The minimum absolute atomic E-state index is 0.691. The Hall–Kier alpha value is -1.01. The van der Waals surface area contributed by atoms with E-state index in [-0.39, 0.29) is 0 Å². The first kappa shape index (κ1) is 11.5. The second-order valence-corrected chi connectivity index (χ2v) is 5.33. The van der Waals surface area contributed by atoms with Gasteiger partial charge in [-0.25, -0.2) is 0 Å². The summed E-state index contributed by atoms with van der Waals surface area (Å²) in [5, 5.41) is 12.3. The first-order valence-electron chi connectivity index (χ1n) is 5.31. The summed E-state index contributed by atoms with van der Waals surface area (Å²) in [6.07, 6.45) is 2.33. The lowest BCUT2D eigenvalue weighted by Crippen LogP contribution is -2.01. The monoisotopic (exact) mass is 254 g/mol. The number of nitrogens with zero attached hydrogens (tertiary/aromatic N) is 3. The Morgan fingerprint density at radius 1 is 1.56 bits per heavy atom. The Balaban J connectivity index is 2.26. The largest absolute Gasteiger partial charge is 0.269 e. The van der Waals surface area contributed by atoms with Gasteiger partial charge >= 0.3 is 0 Å². The van der Waals surface area contributed by atoms with Crippen molar-refractivity contribution >= 4 is 23.6 Å². The average Bonchev–Trinajstić information content (AvgIpc) is 2.82. The molecule has 6 heteroatoms. The van der Waals surface area contributed by atoms with Crippen molar-refractivity contribution in [1.29, 1.82) is 0 Å². The van der Waals surface area contributed by atoms with E-state index in [4.69, 9.17) is 12.2 Å². The van der Waals surface area contributed by atoms with Gasteiger partial charge in [0.2, 0.25) is 0 Å². The van der Waals surface area contributed by atoms with Crippen molar-refractivity contribution in [3.05, 3.63) is 15.7 Å². The summed E-state index contributed by atoms with van der Waals surface area (Å²) in [7, 11) is 0. The maximum absolute atomic E-state index is 5.01. The van der Waals surface area contributed by atoms with Gasteiger partial charge in [0.25, 0.3) is 0 Å². The Bertz CT molecular complexity index is 523. The minimum atomic E-state index is 0.691. The Kier molecular flexibility index (Phi) is 3.50. The van der Waals surface area contributed by atoms with Gasteiger partial charge in [-0.1, -0.05) is 24.7 Å². The zero-order valence-corrected chi connectivity index (χ0v) is 11.0. The van der Waals surface area contributed by atoms with Crippen molar-refractivity contribution in [3.63, 3.8) is 0 Å². The number of rotatable bonds is 4. The molecule has 0 aromatic carbocycles. The predicted molar refractivity (Wildman–Crippen MR) is 68.2 cm³/mol. The second kappa shape index (κ2) is 4.88. The van der Waals surface area contributed by atoms with Gasteiger partial charge < -0.3 is 0 Å². The summed E-state index contributed by atoms with van der Waals surface area (Å²) < 4.78 is 2.72. The highest BCUT2D eigenvalue weighted by molar-refractivity contribution is 7.73. The molecule has 1 N–H and O–H groups in total. The molecule has 0 aliphatic carbocycles. The Morgan fingerprint density at radius 2 is 2.38 bits per heavy atom. The summed E-state index contributed by atoms with van der Waals surface area (Å²) in [6, 6.07) is 2.05. The number of H-pyrrole nitrogens is 1. The number of aryl methyl sites for hydroxylation is 2. The van der Waals surface area contributed by atoms with Crippen molar-refractivity contribution < 1.29 is 0 Å². The molecule has 2 aromatic heterocycles. The van der Waals surface area contributed by atoms with Gasteiger partial charge in [-0.2, -0.15) is 10.2 Å². The van der Waals surface area contributed by atoms with Crippen LogP contribution >= 0.6 is 23.6 Å². The van der Waals surface area contributed by atoms with Gasteiger partial charge in [0, 0.05) is 12.2 Å². The number of aromatic amines is 1. The van der Waals surface area contributed by atoms with Crippen LogP contribution in [0.25, 0.3) is 10.7 Å². The van der Waals surface area contributed by atoms with Gasteiger partial charge in [-0.05, 0) is 31.6 Å². The quantitative estimate of drug-likeness (QED) is 0.852. The topological polar surface area (TPSA) is 46.5 Å². The van der Waals surface area contributed by atoms with Crippen molar-refractivity contribution in [2.45, 2.75) is 33.2 Å². The molecule has 0 saturated heterocycles. The lowest BCUT2D eigenvalue weighted by atomic mass is 10.3. The Labute approximate surface area is 103 Å². The molecule has 0 radical (unpaired) electrons. The first-order chi connectivity index (χ1) is 7.70. The maximum atomic E-state index is 5.01. The number of hydrogen-bond acceptors (Lipinski definition) is 4. The maximum Gasteiger partial charge on any atom is 0.176 e. The molecule has 4 nitrogen and oxygen atoms in total. The highest BCUT2D eigenvalue weighted by Gasteiger charge is 2.08. The molecule has 2 heterocycles. The van der Waals surface area contributed by atoms with E-state index in [1.54, 1.807) is 0 Å². The summed E-state index contributed by atoms with van der Waals surface area (Å²) in [6.45, 7) is 5.22. The number of hydrogen-bond donors (Lipinski definition) is 1. The smallest absolute Gasteiger partial charge is 0.176 e. The Morgan fingerprint density at radius 3 is 3.00 bits per heavy atom. The van der Waals surface area contributed by atoms with E-state index in [2.05, 4.69) is 35.2 Å². The SMILES string of the molecule is CCCCn1nc(-c2n[nH]c(=S)s2)cc1C. The third kappa shape index (κ3) is 2.38. The second-order valence-electron chi connectivity index (χ2n) is 3.67. The summed E-state index contributed by atoms with van der Waals surface area (Å²) in [4.78, 5) is 0. The van der Waals surface area contributed by atoms with E-state index in [9.17, 15) is 0 Å².